The van der Waals surface area contributed by atoms with Gasteiger partial charge in [0.25, 0.3) is 0 Å². The van der Waals surface area contributed by atoms with Gasteiger partial charge in [-0.1, -0.05) is 146 Å². The fourth-order valence-corrected chi connectivity index (χ4v) is 7.05. The van der Waals surface area contributed by atoms with Gasteiger partial charge in [-0.05, 0) is 32.1 Å². The highest BCUT2D eigenvalue weighted by atomic mass is 16.7. The predicted octanol–water partition coefficient (Wildman–Crippen LogP) is 5.15. The molecule has 11 atom stereocenters. The van der Waals surface area contributed by atoms with E-state index in [1.54, 1.807) is 0 Å². The monoisotopic (exact) mass is 885 g/mol. The average molecular weight is 885 g/mol. The van der Waals surface area contributed by atoms with Gasteiger partial charge in [-0.15, -0.1) is 0 Å². The lowest BCUT2D eigenvalue weighted by molar-refractivity contribution is -0.332. The van der Waals surface area contributed by atoms with Crippen molar-refractivity contribution in [3.05, 3.63) is 48.6 Å². The standard InChI is InChI=1S/C47H80O15/c1-3-5-7-9-11-13-15-16-17-18-20-21-23-25-27-29-38(49)57-32-35(60-39(50)30-28-26-24-22-19-14-12-10-8-6-4-2)33-58-46-45(56)43(54)41(52)37(62-46)34-59-47-44(55)42(53)40(51)36(31-48)61-47/h5,7,9,11,13,15-17,35-37,40-48,51-56H,3-4,6,8,10,12,14,18-34H2,1-2H3/b7-5+,11-9+,15-13+,17-16+/t35-,36-,37-,40+,41+,42?,43?,44?,45?,46-,47-/m1/s1. The predicted molar refractivity (Wildman–Crippen MR) is 233 cm³/mol. The van der Waals surface area contributed by atoms with Crippen molar-refractivity contribution in [3.63, 3.8) is 0 Å². The SMILES string of the molecule is CC/C=C/C=C/C=C/C=C/CCCCCCCC(=O)OC[C@H](CO[C@@H]1O[C@H](CO[C@@H]2O[C@H](CO)[C@H](O)C(O)C2O)[C@H](O)C(O)C1O)OC(=O)CCCCCCCCCCCCC. The minimum Gasteiger partial charge on any atom is -0.462 e. The van der Waals surface area contributed by atoms with E-state index in [9.17, 15) is 45.3 Å². The van der Waals surface area contributed by atoms with E-state index in [2.05, 4.69) is 26.0 Å². The maximum absolute atomic E-state index is 12.9. The molecule has 0 aromatic heterocycles. The van der Waals surface area contributed by atoms with E-state index < -0.39 is 92.7 Å². The van der Waals surface area contributed by atoms with Gasteiger partial charge in [-0.25, -0.2) is 0 Å². The van der Waals surface area contributed by atoms with Crippen molar-refractivity contribution in [3.8, 4) is 0 Å². The molecule has 4 unspecified atom stereocenters. The van der Waals surface area contributed by atoms with E-state index in [4.69, 9.17) is 28.4 Å². The van der Waals surface area contributed by atoms with E-state index in [0.717, 1.165) is 57.8 Å². The van der Waals surface area contributed by atoms with Crippen LogP contribution in [0.4, 0.5) is 0 Å². The molecule has 0 amide bonds. The summed E-state index contributed by atoms with van der Waals surface area (Å²) in [6.07, 6.45) is 18.7. The van der Waals surface area contributed by atoms with Crippen LogP contribution in [0.25, 0.3) is 0 Å². The zero-order valence-corrected chi connectivity index (χ0v) is 37.3. The summed E-state index contributed by atoms with van der Waals surface area (Å²) in [6, 6.07) is 0. The number of esters is 2. The minimum atomic E-state index is -1.77. The van der Waals surface area contributed by atoms with Crippen LogP contribution in [0.15, 0.2) is 48.6 Å². The van der Waals surface area contributed by atoms with E-state index in [0.29, 0.717) is 12.8 Å². The summed E-state index contributed by atoms with van der Waals surface area (Å²) in [4.78, 5) is 25.6. The summed E-state index contributed by atoms with van der Waals surface area (Å²) in [6.45, 7) is 2.39. The Labute approximate surface area is 369 Å². The second-order valence-corrected chi connectivity index (χ2v) is 16.3. The molecule has 2 heterocycles. The van der Waals surface area contributed by atoms with Crippen LogP contribution in [0, 0.1) is 0 Å². The summed E-state index contributed by atoms with van der Waals surface area (Å²) in [5, 5.41) is 71.9. The van der Waals surface area contributed by atoms with Crippen molar-refractivity contribution in [1.82, 2.24) is 0 Å². The highest BCUT2D eigenvalue weighted by Crippen LogP contribution is 2.26. The maximum Gasteiger partial charge on any atom is 0.306 e. The van der Waals surface area contributed by atoms with Gasteiger partial charge in [0.15, 0.2) is 18.7 Å². The van der Waals surface area contributed by atoms with Gasteiger partial charge >= 0.3 is 11.9 Å². The maximum atomic E-state index is 12.9. The Hall–Kier alpha value is -2.54. The van der Waals surface area contributed by atoms with Gasteiger partial charge in [-0.2, -0.15) is 0 Å². The van der Waals surface area contributed by atoms with E-state index in [1.807, 2.05) is 36.5 Å². The lowest BCUT2D eigenvalue weighted by Gasteiger charge is -2.42. The van der Waals surface area contributed by atoms with E-state index in [-0.39, 0.29) is 26.1 Å². The van der Waals surface area contributed by atoms with Gasteiger partial charge in [0, 0.05) is 12.8 Å². The third kappa shape index (κ3) is 23.4. The Bertz CT molecular complexity index is 1270. The molecule has 0 saturated carbocycles. The number of allylic oxidation sites excluding steroid dienone is 8. The Kier molecular flexibility index (Phi) is 31.2. The molecule has 15 nitrogen and oxygen atoms in total. The fourth-order valence-electron chi connectivity index (χ4n) is 7.05. The molecule has 2 rings (SSSR count). The van der Waals surface area contributed by atoms with Crippen LogP contribution in [0.1, 0.15) is 142 Å². The Morgan fingerprint density at radius 2 is 1.02 bits per heavy atom. The van der Waals surface area contributed by atoms with Gasteiger partial charge in [-0.3, -0.25) is 9.59 Å². The molecular formula is C47H80O15. The summed E-state index contributed by atoms with van der Waals surface area (Å²) in [5.74, 6) is -0.956. The molecule has 0 radical (unpaired) electrons. The van der Waals surface area contributed by atoms with Crippen LogP contribution in [-0.4, -0.2) is 142 Å². The molecular weight excluding hydrogens is 805 g/mol. The summed E-state index contributed by atoms with van der Waals surface area (Å²) >= 11 is 0. The summed E-state index contributed by atoms with van der Waals surface area (Å²) < 4.78 is 33.4. The molecule has 0 aliphatic carbocycles. The Morgan fingerprint density at radius 3 is 1.60 bits per heavy atom. The molecule has 0 aromatic carbocycles. The first-order chi connectivity index (χ1) is 30.0. The van der Waals surface area contributed by atoms with Crippen molar-refractivity contribution < 1.29 is 73.8 Å². The lowest BCUT2D eigenvalue weighted by atomic mass is 9.98. The van der Waals surface area contributed by atoms with E-state index in [1.165, 1.54) is 44.9 Å². The molecule has 15 heteroatoms. The fraction of sp³-hybridized carbons (Fsp3) is 0.787. The lowest BCUT2D eigenvalue weighted by Crippen LogP contribution is -2.61. The normalized spacial score (nSPS) is 27.5. The molecule has 358 valence electrons. The number of aliphatic hydroxyl groups is 7. The van der Waals surface area contributed by atoms with E-state index >= 15 is 0 Å². The van der Waals surface area contributed by atoms with Crippen LogP contribution in [0.2, 0.25) is 0 Å². The highest BCUT2D eigenvalue weighted by Gasteiger charge is 2.47. The zero-order valence-electron chi connectivity index (χ0n) is 37.3. The van der Waals surface area contributed by atoms with Crippen molar-refractivity contribution in [2.75, 3.05) is 26.4 Å². The highest BCUT2D eigenvalue weighted by molar-refractivity contribution is 5.70. The van der Waals surface area contributed by atoms with Crippen LogP contribution in [0.5, 0.6) is 0 Å². The average Bonchev–Trinajstić information content (AvgIpc) is 3.26. The molecule has 2 fully saturated rings. The molecule has 2 aliphatic rings. The first-order valence-corrected chi connectivity index (χ1v) is 23.3. The second kappa shape index (κ2) is 34.8. The molecule has 7 N–H and O–H groups in total. The van der Waals surface area contributed by atoms with Crippen molar-refractivity contribution in [2.24, 2.45) is 0 Å². The zero-order chi connectivity index (χ0) is 45.4. The third-order valence-electron chi connectivity index (χ3n) is 10.9. The molecule has 2 saturated heterocycles. The molecule has 2 aliphatic heterocycles. The van der Waals surface area contributed by atoms with Crippen molar-refractivity contribution in [2.45, 2.75) is 210 Å². The largest absolute Gasteiger partial charge is 0.462 e. The second-order valence-electron chi connectivity index (χ2n) is 16.3. The number of hydrogen-bond acceptors (Lipinski definition) is 15. The van der Waals surface area contributed by atoms with Crippen LogP contribution >= 0.6 is 0 Å². The molecule has 0 bridgehead atoms. The number of rotatable bonds is 34. The Balaban J connectivity index is 1.86. The number of carbonyl (C=O) groups excluding carboxylic acids is 2. The number of unbranched alkanes of at least 4 members (excludes halogenated alkanes) is 15. The Morgan fingerprint density at radius 1 is 0.532 bits per heavy atom. The number of carbonyl (C=O) groups is 2. The van der Waals surface area contributed by atoms with Gasteiger partial charge in [0.05, 0.1) is 19.8 Å². The van der Waals surface area contributed by atoms with Crippen molar-refractivity contribution >= 4 is 11.9 Å². The summed E-state index contributed by atoms with van der Waals surface area (Å²) in [7, 11) is 0. The molecule has 62 heavy (non-hydrogen) atoms. The summed E-state index contributed by atoms with van der Waals surface area (Å²) in [5.41, 5.74) is 0. The van der Waals surface area contributed by atoms with Crippen LogP contribution < -0.4 is 0 Å². The van der Waals surface area contributed by atoms with Gasteiger partial charge in [0.1, 0.15) is 55.4 Å². The van der Waals surface area contributed by atoms with Gasteiger partial charge in [0.2, 0.25) is 0 Å². The smallest absolute Gasteiger partial charge is 0.306 e. The first-order valence-electron chi connectivity index (χ1n) is 23.3. The number of ether oxygens (including phenoxy) is 6. The number of aliphatic hydroxyl groups excluding tert-OH is 7. The van der Waals surface area contributed by atoms with Gasteiger partial charge < -0.3 is 64.2 Å². The topological polar surface area (TPSA) is 231 Å². The quantitative estimate of drug-likeness (QED) is 0.0252. The molecule has 0 aromatic rings. The first kappa shape index (κ1) is 55.6. The van der Waals surface area contributed by atoms with Crippen LogP contribution in [0.3, 0.4) is 0 Å². The molecule has 0 spiro atoms. The number of hydrogen-bond donors (Lipinski definition) is 7. The van der Waals surface area contributed by atoms with Crippen LogP contribution in [-0.2, 0) is 38.0 Å². The minimum absolute atomic E-state index is 0.160. The van der Waals surface area contributed by atoms with Crippen molar-refractivity contribution in [1.29, 1.82) is 0 Å². The third-order valence-corrected chi connectivity index (χ3v) is 10.9.